The van der Waals surface area contributed by atoms with E-state index in [1.54, 1.807) is 0 Å². The van der Waals surface area contributed by atoms with Gasteiger partial charge in [0, 0.05) is 18.6 Å². The van der Waals surface area contributed by atoms with Gasteiger partial charge >= 0.3 is 0 Å². The van der Waals surface area contributed by atoms with E-state index in [2.05, 4.69) is 35.9 Å². The Balaban J connectivity index is 2.29. The van der Waals surface area contributed by atoms with Gasteiger partial charge in [-0.3, -0.25) is 9.69 Å². The molecule has 0 aromatic carbocycles. The zero-order valence-corrected chi connectivity index (χ0v) is 14.2. The van der Waals surface area contributed by atoms with Crippen LogP contribution in [-0.4, -0.2) is 67.1 Å². The van der Waals surface area contributed by atoms with E-state index < -0.39 is 0 Å². The minimum absolute atomic E-state index is 0.100. The van der Waals surface area contributed by atoms with E-state index in [0.29, 0.717) is 6.54 Å². The van der Waals surface area contributed by atoms with Gasteiger partial charge in [-0.1, -0.05) is 6.92 Å². The van der Waals surface area contributed by atoms with Crippen LogP contribution in [0.3, 0.4) is 0 Å². The van der Waals surface area contributed by atoms with Crippen molar-refractivity contribution in [1.82, 2.24) is 15.1 Å². The number of nitrogens with two attached hydrogens (primary N) is 1. The van der Waals surface area contributed by atoms with Gasteiger partial charge in [-0.2, -0.15) is 0 Å². The molecule has 1 rings (SSSR count). The number of carbonyl (C=O) groups excluding carboxylic acids is 1. The van der Waals surface area contributed by atoms with Crippen LogP contribution in [0.2, 0.25) is 0 Å². The van der Waals surface area contributed by atoms with E-state index in [4.69, 9.17) is 5.73 Å². The molecule has 0 aromatic heterocycles. The van der Waals surface area contributed by atoms with E-state index in [1.807, 2.05) is 0 Å². The van der Waals surface area contributed by atoms with Crippen molar-refractivity contribution in [1.29, 1.82) is 0 Å². The summed E-state index contributed by atoms with van der Waals surface area (Å²) >= 11 is 0. The van der Waals surface area contributed by atoms with Crippen molar-refractivity contribution in [3.05, 3.63) is 0 Å². The molecule has 0 aliphatic carbocycles. The number of rotatable bonds is 8. The molecule has 0 spiro atoms. The fraction of sp³-hybridized carbons (Fsp3) is 0.938. The smallest absolute Gasteiger partial charge is 0.234 e. The summed E-state index contributed by atoms with van der Waals surface area (Å²) < 4.78 is 0. The van der Waals surface area contributed by atoms with Crippen molar-refractivity contribution < 1.29 is 4.79 Å². The molecular formula is C16H34N4O. The van der Waals surface area contributed by atoms with Gasteiger partial charge in [-0.05, 0) is 65.7 Å². The number of unbranched alkanes of at least 4 members (excludes halogenated alkanes) is 1. The summed E-state index contributed by atoms with van der Waals surface area (Å²) in [6.07, 6.45) is 4.39. The van der Waals surface area contributed by atoms with Crippen LogP contribution in [0.4, 0.5) is 0 Å². The Morgan fingerprint density at radius 3 is 2.48 bits per heavy atom. The zero-order chi connectivity index (χ0) is 15.7. The molecule has 1 aliphatic rings. The van der Waals surface area contributed by atoms with E-state index >= 15 is 0 Å². The standard InChI is InChI=1S/C16H34N4O/c1-4-16(2,3)18-15(21)14-20-11-7-10-19(12-13-20)9-6-5-8-17/h4-14,17H2,1-3H3,(H,18,21). The van der Waals surface area contributed by atoms with Crippen molar-refractivity contribution in [3.63, 3.8) is 0 Å². The SMILES string of the molecule is CCC(C)(C)NC(=O)CN1CCCN(CCCCN)CC1. The van der Waals surface area contributed by atoms with Gasteiger partial charge in [-0.15, -0.1) is 0 Å². The minimum atomic E-state index is -0.100. The van der Waals surface area contributed by atoms with Crippen LogP contribution in [0.15, 0.2) is 0 Å². The van der Waals surface area contributed by atoms with Crippen LogP contribution < -0.4 is 11.1 Å². The molecule has 0 saturated carbocycles. The molecule has 1 amide bonds. The molecule has 0 unspecified atom stereocenters. The summed E-state index contributed by atoms with van der Waals surface area (Å²) in [6, 6.07) is 0. The summed E-state index contributed by atoms with van der Waals surface area (Å²) in [5.74, 6) is 0.151. The van der Waals surface area contributed by atoms with E-state index in [9.17, 15) is 4.79 Å². The van der Waals surface area contributed by atoms with Crippen molar-refractivity contribution >= 4 is 5.91 Å². The first-order valence-corrected chi connectivity index (χ1v) is 8.42. The van der Waals surface area contributed by atoms with Gasteiger partial charge in [0.15, 0.2) is 0 Å². The first-order valence-electron chi connectivity index (χ1n) is 8.42. The number of hydrogen-bond donors (Lipinski definition) is 2. The molecule has 5 nitrogen and oxygen atoms in total. The Morgan fingerprint density at radius 1 is 1.14 bits per heavy atom. The quantitative estimate of drug-likeness (QED) is 0.657. The van der Waals surface area contributed by atoms with Gasteiger partial charge in [0.05, 0.1) is 6.54 Å². The number of nitrogens with zero attached hydrogens (tertiary/aromatic N) is 2. The van der Waals surface area contributed by atoms with E-state index in [1.165, 1.54) is 6.42 Å². The van der Waals surface area contributed by atoms with Crippen molar-refractivity contribution in [2.45, 2.75) is 52.0 Å². The minimum Gasteiger partial charge on any atom is -0.350 e. The van der Waals surface area contributed by atoms with E-state index in [0.717, 1.165) is 58.5 Å². The molecule has 0 radical (unpaired) electrons. The summed E-state index contributed by atoms with van der Waals surface area (Å²) in [7, 11) is 0. The largest absolute Gasteiger partial charge is 0.350 e. The fourth-order valence-corrected chi connectivity index (χ4v) is 2.59. The van der Waals surface area contributed by atoms with Crippen LogP contribution in [0.5, 0.6) is 0 Å². The molecule has 0 bridgehead atoms. The summed E-state index contributed by atoms with van der Waals surface area (Å²) in [5.41, 5.74) is 5.44. The average Bonchev–Trinajstić information content (AvgIpc) is 2.64. The molecule has 3 N–H and O–H groups in total. The second-order valence-electron chi connectivity index (χ2n) is 6.75. The molecule has 1 fully saturated rings. The maximum absolute atomic E-state index is 12.1. The predicted molar refractivity (Wildman–Crippen MR) is 88.3 cm³/mol. The van der Waals surface area contributed by atoms with Crippen LogP contribution in [0, 0.1) is 0 Å². The number of hydrogen-bond acceptors (Lipinski definition) is 4. The lowest BCUT2D eigenvalue weighted by atomic mass is 10.0. The maximum atomic E-state index is 12.1. The van der Waals surface area contributed by atoms with Crippen LogP contribution in [0.25, 0.3) is 0 Å². The third-order valence-electron chi connectivity index (χ3n) is 4.34. The predicted octanol–water partition coefficient (Wildman–Crippen LogP) is 1.04. The number of nitrogens with one attached hydrogen (secondary N) is 1. The Hall–Kier alpha value is -0.650. The highest BCUT2D eigenvalue weighted by molar-refractivity contribution is 5.78. The molecule has 1 saturated heterocycles. The summed E-state index contributed by atoms with van der Waals surface area (Å²) in [6.45, 7) is 12.9. The highest BCUT2D eigenvalue weighted by Crippen LogP contribution is 2.08. The van der Waals surface area contributed by atoms with Crippen molar-refractivity contribution in [2.24, 2.45) is 5.73 Å². The Morgan fingerprint density at radius 2 is 1.81 bits per heavy atom. The molecule has 1 aliphatic heterocycles. The highest BCUT2D eigenvalue weighted by atomic mass is 16.2. The zero-order valence-electron chi connectivity index (χ0n) is 14.2. The Labute approximate surface area is 130 Å². The summed E-state index contributed by atoms with van der Waals surface area (Å²) in [5, 5.41) is 3.12. The van der Waals surface area contributed by atoms with Crippen LogP contribution in [0.1, 0.15) is 46.5 Å². The second kappa shape index (κ2) is 9.38. The highest BCUT2D eigenvalue weighted by Gasteiger charge is 2.21. The first-order chi connectivity index (χ1) is 9.96. The van der Waals surface area contributed by atoms with Crippen molar-refractivity contribution in [3.8, 4) is 0 Å². The number of carbonyl (C=O) groups is 1. The van der Waals surface area contributed by atoms with Crippen LogP contribution >= 0.6 is 0 Å². The lowest BCUT2D eigenvalue weighted by Gasteiger charge is -2.27. The van der Waals surface area contributed by atoms with Gasteiger partial charge in [0.25, 0.3) is 0 Å². The second-order valence-corrected chi connectivity index (χ2v) is 6.75. The molecule has 21 heavy (non-hydrogen) atoms. The van der Waals surface area contributed by atoms with Gasteiger partial charge in [0.1, 0.15) is 0 Å². The average molecular weight is 298 g/mol. The first kappa shape index (κ1) is 18.4. The lowest BCUT2D eigenvalue weighted by Crippen LogP contribution is -2.47. The fourth-order valence-electron chi connectivity index (χ4n) is 2.59. The maximum Gasteiger partial charge on any atom is 0.234 e. The molecule has 0 aromatic rings. The summed E-state index contributed by atoms with van der Waals surface area (Å²) in [4.78, 5) is 16.9. The third-order valence-corrected chi connectivity index (χ3v) is 4.34. The monoisotopic (exact) mass is 298 g/mol. The third kappa shape index (κ3) is 7.79. The van der Waals surface area contributed by atoms with Gasteiger partial charge < -0.3 is 16.0 Å². The van der Waals surface area contributed by atoms with E-state index in [-0.39, 0.29) is 11.4 Å². The molecule has 0 atom stereocenters. The molecule has 124 valence electrons. The Kier molecular flexibility index (Phi) is 8.22. The lowest BCUT2D eigenvalue weighted by molar-refractivity contribution is -0.123. The van der Waals surface area contributed by atoms with Crippen molar-refractivity contribution in [2.75, 3.05) is 45.8 Å². The topological polar surface area (TPSA) is 61.6 Å². The normalized spacial score (nSPS) is 18.5. The molecule has 5 heteroatoms. The van der Waals surface area contributed by atoms with Crippen LogP contribution in [-0.2, 0) is 4.79 Å². The molecule has 1 heterocycles. The number of amides is 1. The van der Waals surface area contributed by atoms with Gasteiger partial charge in [0.2, 0.25) is 5.91 Å². The molecular weight excluding hydrogens is 264 g/mol. The Bertz CT molecular complexity index is 307. The van der Waals surface area contributed by atoms with Gasteiger partial charge in [-0.25, -0.2) is 0 Å².